The second-order valence-electron chi connectivity index (χ2n) is 5.74. The lowest BCUT2D eigenvalue weighted by atomic mass is 9.67. The third-order valence-corrected chi connectivity index (χ3v) is 4.55. The van der Waals surface area contributed by atoms with E-state index in [1.165, 1.54) is 12.1 Å². The number of carboxylic acid groups (broad SMARTS) is 1. The standard InChI is InChI=1S/C16H21FO2/c1-2-12-7-9-16(10-8-12,15(18)19)11-13-3-5-14(17)6-4-13/h3-6,12H,2,7-11H2,1H3,(H,18,19). The van der Waals surface area contributed by atoms with Crippen molar-refractivity contribution in [2.45, 2.75) is 45.4 Å². The zero-order chi connectivity index (χ0) is 13.9. The van der Waals surface area contributed by atoms with Gasteiger partial charge >= 0.3 is 5.97 Å². The summed E-state index contributed by atoms with van der Waals surface area (Å²) in [5, 5.41) is 9.59. The quantitative estimate of drug-likeness (QED) is 0.891. The normalized spacial score (nSPS) is 27.2. The van der Waals surface area contributed by atoms with Crippen LogP contribution in [0.15, 0.2) is 24.3 Å². The van der Waals surface area contributed by atoms with Gasteiger partial charge in [0, 0.05) is 0 Å². The summed E-state index contributed by atoms with van der Waals surface area (Å²) in [6.45, 7) is 2.17. The van der Waals surface area contributed by atoms with Crippen LogP contribution in [0.4, 0.5) is 4.39 Å². The lowest BCUT2D eigenvalue weighted by molar-refractivity contribution is -0.151. The highest BCUT2D eigenvalue weighted by Gasteiger charge is 2.41. The average molecular weight is 264 g/mol. The molecule has 1 N–H and O–H groups in total. The Morgan fingerprint density at radius 2 is 1.89 bits per heavy atom. The van der Waals surface area contributed by atoms with Gasteiger partial charge in [-0.15, -0.1) is 0 Å². The molecule has 0 unspecified atom stereocenters. The molecule has 1 aliphatic rings. The molecule has 1 aromatic rings. The summed E-state index contributed by atoms with van der Waals surface area (Å²) >= 11 is 0. The maximum atomic E-state index is 12.9. The predicted molar refractivity (Wildman–Crippen MR) is 72.4 cm³/mol. The molecule has 0 aliphatic heterocycles. The van der Waals surface area contributed by atoms with Crippen LogP contribution in [-0.4, -0.2) is 11.1 Å². The number of halogens is 1. The van der Waals surface area contributed by atoms with Crippen LogP contribution in [-0.2, 0) is 11.2 Å². The minimum atomic E-state index is -0.702. The van der Waals surface area contributed by atoms with Crippen molar-refractivity contribution in [1.82, 2.24) is 0 Å². The maximum Gasteiger partial charge on any atom is 0.309 e. The van der Waals surface area contributed by atoms with Crippen LogP contribution in [0.25, 0.3) is 0 Å². The van der Waals surface area contributed by atoms with Crippen molar-refractivity contribution in [1.29, 1.82) is 0 Å². The topological polar surface area (TPSA) is 37.3 Å². The first-order valence-corrected chi connectivity index (χ1v) is 7.03. The van der Waals surface area contributed by atoms with Crippen molar-refractivity contribution >= 4 is 5.97 Å². The van der Waals surface area contributed by atoms with Crippen molar-refractivity contribution in [2.24, 2.45) is 11.3 Å². The number of aliphatic carboxylic acids is 1. The summed E-state index contributed by atoms with van der Waals surface area (Å²) in [6, 6.07) is 6.21. The van der Waals surface area contributed by atoms with Crippen molar-refractivity contribution in [3.63, 3.8) is 0 Å². The van der Waals surface area contributed by atoms with E-state index in [1.807, 2.05) is 0 Å². The molecule has 2 nitrogen and oxygen atoms in total. The third-order valence-electron chi connectivity index (χ3n) is 4.55. The minimum absolute atomic E-state index is 0.275. The molecule has 0 aromatic heterocycles. The summed E-state index contributed by atoms with van der Waals surface area (Å²) in [5.74, 6) is -0.310. The smallest absolute Gasteiger partial charge is 0.309 e. The van der Waals surface area contributed by atoms with Gasteiger partial charge in [0.15, 0.2) is 0 Å². The van der Waals surface area contributed by atoms with E-state index in [2.05, 4.69) is 6.92 Å². The molecule has 0 spiro atoms. The molecule has 0 saturated heterocycles. The largest absolute Gasteiger partial charge is 0.481 e. The fourth-order valence-corrected chi connectivity index (χ4v) is 3.10. The molecule has 2 rings (SSSR count). The van der Waals surface area contributed by atoms with E-state index in [-0.39, 0.29) is 5.82 Å². The van der Waals surface area contributed by atoms with Crippen LogP contribution < -0.4 is 0 Å². The van der Waals surface area contributed by atoms with Gasteiger partial charge in [-0.05, 0) is 55.7 Å². The van der Waals surface area contributed by atoms with E-state index < -0.39 is 11.4 Å². The van der Waals surface area contributed by atoms with Crippen molar-refractivity contribution in [2.75, 3.05) is 0 Å². The molecule has 1 aromatic carbocycles. The monoisotopic (exact) mass is 264 g/mol. The molecule has 1 fully saturated rings. The van der Waals surface area contributed by atoms with Gasteiger partial charge in [-0.25, -0.2) is 4.39 Å². The first-order valence-electron chi connectivity index (χ1n) is 7.03. The van der Waals surface area contributed by atoms with E-state index in [4.69, 9.17) is 0 Å². The number of carbonyl (C=O) groups is 1. The molecule has 0 radical (unpaired) electrons. The van der Waals surface area contributed by atoms with Crippen LogP contribution in [0.2, 0.25) is 0 Å². The first kappa shape index (κ1) is 14.0. The van der Waals surface area contributed by atoms with Crippen LogP contribution in [0.3, 0.4) is 0 Å². The minimum Gasteiger partial charge on any atom is -0.481 e. The highest BCUT2D eigenvalue weighted by atomic mass is 19.1. The summed E-state index contributed by atoms with van der Waals surface area (Å²) in [6.07, 6.45) is 5.09. The van der Waals surface area contributed by atoms with E-state index in [0.29, 0.717) is 12.3 Å². The first-order chi connectivity index (χ1) is 9.05. The number of carboxylic acids is 1. The van der Waals surface area contributed by atoms with E-state index >= 15 is 0 Å². The van der Waals surface area contributed by atoms with Gasteiger partial charge in [-0.2, -0.15) is 0 Å². The van der Waals surface area contributed by atoms with Gasteiger partial charge in [0.1, 0.15) is 5.82 Å². The van der Waals surface area contributed by atoms with Gasteiger partial charge < -0.3 is 5.11 Å². The molecule has 104 valence electrons. The second-order valence-corrected chi connectivity index (χ2v) is 5.74. The Hall–Kier alpha value is -1.38. The fraction of sp³-hybridized carbons (Fsp3) is 0.562. The molecule has 0 heterocycles. The molecule has 0 atom stereocenters. The van der Waals surface area contributed by atoms with Gasteiger partial charge in [-0.3, -0.25) is 4.79 Å². The van der Waals surface area contributed by atoms with Gasteiger partial charge in [0.25, 0.3) is 0 Å². The van der Waals surface area contributed by atoms with Crippen molar-refractivity contribution in [3.8, 4) is 0 Å². The van der Waals surface area contributed by atoms with E-state index in [0.717, 1.165) is 37.7 Å². The molecule has 1 saturated carbocycles. The van der Waals surface area contributed by atoms with Crippen LogP contribution in [0.5, 0.6) is 0 Å². The number of hydrogen-bond donors (Lipinski definition) is 1. The van der Waals surface area contributed by atoms with Crippen molar-refractivity contribution < 1.29 is 14.3 Å². The van der Waals surface area contributed by atoms with Crippen LogP contribution in [0, 0.1) is 17.2 Å². The number of hydrogen-bond acceptors (Lipinski definition) is 1. The van der Waals surface area contributed by atoms with E-state index in [9.17, 15) is 14.3 Å². The summed E-state index contributed by atoms with van der Waals surface area (Å²) in [4.78, 5) is 11.7. The van der Waals surface area contributed by atoms with Gasteiger partial charge in [-0.1, -0.05) is 25.5 Å². The molecular weight excluding hydrogens is 243 g/mol. The van der Waals surface area contributed by atoms with Crippen molar-refractivity contribution in [3.05, 3.63) is 35.6 Å². The molecular formula is C16H21FO2. The molecule has 1 aliphatic carbocycles. The second kappa shape index (κ2) is 5.72. The Kier molecular flexibility index (Phi) is 4.23. The Balaban J connectivity index is 2.12. The molecule has 3 heteroatoms. The highest BCUT2D eigenvalue weighted by Crippen LogP contribution is 2.42. The number of benzene rings is 1. The zero-order valence-corrected chi connectivity index (χ0v) is 11.4. The average Bonchev–Trinajstić information content (AvgIpc) is 2.42. The van der Waals surface area contributed by atoms with Crippen LogP contribution in [0.1, 0.15) is 44.6 Å². The SMILES string of the molecule is CCC1CCC(Cc2ccc(F)cc2)(C(=O)O)CC1. The number of rotatable bonds is 4. The Bertz CT molecular complexity index is 431. The summed E-state index contributed by atoms with van der Waals surface area (Å²) in [7, 11) is 0. The summed E-state index contributed by atoms with van der Waals surface area (Å²) in [5.41, 5.74) is 0.266. The van der Waals surface area contributed by atoms with E-state index in [1.54, 1.807) is 12.1 Å². The van der Waals surface area contributed by atoms with Gasteiger partial charge in [0.2, 0.25) is 0 Å². The lowest BCUT2D eigenvalue weighted by Crippen LogP contribution is -2.37. The summed E-state index contributed by atoms with van der Waals surface area (Å²) < 4.78 is 12.9. The lowest BCUT2D eigenvalue weighted by Gasteiger charge is -2.36. The zero-order valence-electron chi connectivity index (χ0n) is 11.4. The van der Waals surface area contributed by atoms with Gasteiger partial charge in [0.05, 0.1) is 5.41 Å². The highest BCUT2D eigenvalue weighted by molar-refractivity contribution is 5.75. The maximum absolute atomic E-state index is 12.9. The van der Waals surface area contributed by atoms with Crippen LogP contribution >= 0.6 is 0 Å². The third kappa shape index (κ3) is 3.14. The predicted octanol–water partition coefficient (Wildman–Crippen LogP) is 4.04. The Labute approximate surface area is 113 Å². The molecule has 19 heavy (non-hydrogen) atoms. The molecule has 0 bridgehead atoms. The fourth-order valence-electron chi connectivity index (χ4n) is 3.10. The Morgan fingerprint density at radius 3 is 2.37 bits per heavy atom. The Morgan fingerprint density at radius 1 is 1.32 bits per heavy atom. The molecule has 0 amide bonds.